The summed E-state index contributed by atoms with van der Waals surface area (Å²) in [5, 5.41) is 16.6. The monoisotopic (exact) mass is 364 g/mol. The molecule has 1 unspecified atom stereocenters. The molecule has 0 fully saturated rings. The van der Waals surface area contributed by atoms with Gasteiger partial charge >= 0.3 is 12.0 Å². The van der Waals surface area contributed by atoms with Gasteiger partial charge in [-0.25, -0.2) is 9.48 Å². The van der Waals surface area contributed by atoms with Gasteiger partial charge in [0.15, 0.2) is 0 Å². The van der Waals surface area contributed by atoms with Crippen molar-refractivity contribution >= 4 is 29.3 Å². The Labute approximate surface area is 151 Å². The van der Waals surface area contributed by atoms with Crippen molar-refractivity contribution in [2.75, 3.05) is 18.9 Å². The average molecular weight is 365 g/mol. The van der Waals surface area contributed by atoms with Crippen LogP contribution in [0.3, 0.4) is 0 Å². The standard InChI is InChI=1S/C17H21ClN4O3/c1-4-14-13(20-17(25)21(3)10-11(2)16(23)24)9-19-22(14)15-8-6-5-7-12(15)18/h5-9,11H,4,10H2,1-3H3,(H,20,25)(H,23,24). The van der Waals surface area contributed by atoms with E-state index >= 15 is 0 Å². The van der Waals surface area contributed by atoms with Crippen LogP contribution in [0.2, 0.25) is 5.02 Å². The van der Waals surface area contributed by atoms with Crippen molar-refractivity contribution in [1.82, 2.24) is 14.7 Å². The molecule has 2 aromatic rings. The van der Waals surface area contributed by atoms with Gasteiger partial charge in [0.1, 0.15) is 0 Å². The molecular weight excluding hydrogens is 344 g/mol. The molecule has 134 valence electrons. The molecule has 0 saturated carbocycles. The minimum atomic E-state index is -0.944. The van der Waals surface area contributed by atoms with Gasteiger partial charge in [-0.1, -0.05) is 37.6 Å². The second kappa shape index (κ2) is 8.02. The van der Waals surface area contributed by atoms with Crippen molar-refractivity contribution in [3.8, 4) is 5.69 Å². The summed E-state index contributed by atoms with van der Waals surface area (Å²) in [6.07, 6.45) is 2.20. The molecule has 0 radical (unpaired) electrons. The zero-order valence-electron chi connectivity index (χ0n) is 14.4. The second-order valence-corrected chi connectivity index (χ2v) is 6.18. The van der Waals surface area contributed by atoms with Crippen LogP contribution in [0, 0.1) is 5.92 Å². The van der Waals surface area contributed by atoms with E-state index in [1.54, 1.807) is 30.9 Å². The first-order valence-corrected chi connectivity index (χ1v) is 8.29. The summed E-state index contributed by atoms with van der Waals surface area (Å²) in [5.74, 6) is -1.59. The fourth-order valence-electron chi connectivity index (χ4n) is 2.43. The molecule has 0 aliphatic heterocycles. The summed E-state index contributed by atoms with van der Waals surface area (Å²) in [4.78, 5) is 24.6. The Morgan fingerprint density at radius 2 is 2.08 bits per heavy atom. The second-order valence-electron chi connectivity index (χ2n) is 5.77. The lowest BCUT2D eigenvalue weighted by atomic mass is 10.2. The van der Waals surface area contributed by atoms with E-state index in [0.717, 1.165) is 11.4 Å². The Bertz CT molecular complexity index is 775. The summed E-state index contributed by atoms with van der Waals surface area (Å²) in [5.41, 5.74) is 2.11. The molecule has 0 spiro atoms. The van der Waals surface area contributed by atoms with Crippen molar-refractivity contribution in [1.29, 1.82) is 0 Å². The third-order valence-electron chi connectivity index (χ3n) is 3.84. The lowest BCUT2D eigenvalue weighted by Gasteiger charge is -2.20. The maximum absolute atomic E-state index is 12.3. The molecule has 1 heterocycles. The number of hydrogen-bond donors (Lipinski definition) is 2. The van der Waals surface area contributed by atoms with Crippen LogP contribution in [0.25, 0.3) is 5.69 Å². The Hall–Kier alpha value is -2.54. The SMILES string of the molecule is CCc1c(NC(=O)N(C)CC(C)C(=O)O)cnn1-c1ccccc1Cl. The van der Waals surface area contributed by atoms with Gasteiger partial charge in [0, 0.05) is 13.6 Å². The summed E-state index contributed by atoms with van der Waals surface area (Å²) < 4.78 is 1.69. The number of hydrogen-bond acceptors (Lipinski definition) is 3. The topological polar surface area (TPSA) is 87.5 Å². The number of carbonyl (C=O) groups is 2. The average Bonchev–Trinajstić information content (AvgIpc) is 2.97. The summed E-state index contributed by atoms with van der Waals surface area (Å²) >= 11 is 6.23. The number of para-hydroxylation sites is 1. The Kier molecular flexibility index (Phi) is 6.03. The summed E-state index contributed by atoms with van der Waals surface area (Å²) in [6.45, 7) is 3.62. The lowest BCUT2D eigenvalue weighted by molar-refractivity contribution is -0.141. The van der Waals surface area contributed by atoms with Gasteiger partial charge in [-0.2, -0.15) is 5.10 Å². The van der Waals surface area contributed by atoms with Crippen molar-refractivity contribution in [2.24, 2.45) is 5.92 Å². The Morgan fingerprint density at radius 1 is 1.40 bits per heavy atom. The number of aromatic nitrogens is 2. The smallest absolute Gasteiger partial charge is 0.321 e. The number of rotatable bonds is 6. The third-order valence-corrected chi connectivity index (χ3v) is 4.16. The number of nitrogens with one attached hydrogen (secondary N) is 1. The zero-order chi connectivity index (χ0) is 18.6. The highest BCUT2D eigenvalue weighted by Crippen LogP contribution is 2.25. The number of anilines is 1. The summed E-state index contributed by atoms with van der Waals surface area (Å²) in [7, 11) is 1.55. The van der Waals surface area contributed by atoms with Gasteiger partial charge in [0.05, 0.1) is 34.2 Å². The van der Waals surface area contributed by atoms with Gasteiger partial charge in [-0.05, 0) is 18.6 Å². The van der Waals surface area contributed by atoms with E-state index in [0.29, 0.717) is 17.1 Å². The van der Waals surface area contributed by atoms with Crippen LogP contribution in [0.15, 0.2) is 30.5 Å². The Balaban J connectivity index is 2.20. The van der Waals surface area contributed by atoms with Crippen molar-refractivity contribution in [3.05, 3.63) is 41.2 Å². The number of nitrogens with zero attached hydrogens (tertiary/aromatic N) is 3. The van der Waals surface area contributed by atoms with Gasteiger partial charge in [-0.15, -0.1) is 0 Å². The van der Waals surface area contributed by atoms with Gasteiger partial charge in [-0.3, -0.25) is 4.79 Å². The maximum Gasteiger partial charge on any atom is 0.321 e. The largest absolute Gasteiger partial charge is 0.481 e. The molecule has 7 nitrogen and oxygen atoms in total. The van der Waals surface area contributed by atoms with Gasteiger partial charge < -0.3 is 15.3 Å². The lowest BCUT2D eigenvalue weighted by Crippen LogP contribution is -2.36. The van der Waals surface area contributed by atoms with Crippen LogP contribution < -0.4 is 5.32 Å². The molecule has 0 aliphatic carbocycles. The van der Waals surface area contributed by atoms with Crippen LogP contribution in [0.5, 0.6) is 0 Å². The van der Waals surface area contributed by atoms with Crippen molar-refractivity contribution < 1.29 is 14.7 Å². The molecule has 8 heteroatoms. The number of halogens is 1. The van der Waals surface area contributed by atoms with E-state index in [2.05, 4.69) is 10.4 Å². The number of benzene rings is 1. The molecule has 2 amide bonds. The summed E-state index contributed by atoms with van der Waals surface area (Å²) in [6, 6.07) is 6.93. The number of urea groups is 1. The highest BCUT2D eigenvalue weighted by atomic mass is 35.5. The van der Waals surface area contributed by atoms with E-state index in [9.17, 15) is 9.59 Å². The van der Waals surface area contributed by atoms with Crippen LogP contribution in [0.1, 0.15) is 19.5 Å². The Morgan fingerprint density at radius 3 is 2.68 bits per heavy atom. The highest BCUT2D eigenvalue weighted by molar-refractivity contribution is 6.32. The molecule has 1 atom stereocenters. The molecule has 0 aliphatic rings. The predicted octanol–water partition coefficient (Wildman–Crippen LogP) is 3.27. The van der Waals surface area contributed by atoms with Crippen LogP contribution >= 0.6 is 11.6 Å². The van der Waals surface area contributed by atoms with E-state index in [1.807, 2.05) is 25.1 Å². The minimum Gasteiger partial charge on any atom is -0.481 e. The number of aliphatic carboxylic acids is 1. The fourth-order valence-corrected chi connectivity index (χ4v) is 2.65. The zero-order valence-corrected chi connectivity index (χ0v) is 15.1. The van der Waals surface area contributed by atoms with E-state index in [1.165, 1.54) is 4.90 Å². The molecule has 25 heavy (non-hydrogen) atoms. The normalized spacial score (nSPS) is 11.8. The highest BCUT2D eigenvalue weighted by Gasteiger charge is 2.20. The first-order chi connectivity index (χ1) is 11.8. The number of carboxylic acid groups (broad SMARTS) is 1. The number of carbonyl (C=O) groups excluding carboxylic acids is 1. The van der Waals surface area contributed by atoms with Crippen LogP contribution in [-0.2, 0) is 11.2 Å². The maximum atomic E-state index is 12.3. The van der Waals surface area contributed by atoms with Crippen molar-refractivity contribution in [3.63, 3.8) is 0 Å². The van der Waals surface area contributed by atoms with Crippen LogP contribution in [-0.4, -0.2) is 45.4 Å². The first-order valence-electron chi connectivity index (χ1n) is 7.91. The van der Waals surface area contributed by atoms with E-state index < -0.39 is 11.9 Å². The van der Waals surface area contributed by atoms with Gasteiger partial charge in [0.25, 0.3) is 0 Å². The molecule has 0 saturated heterocycles. The molecule has 1 aromatic carbocycles. The quantitative estimate of drug-likeness (QED) is 0.823. The first kappa shape index (κ1) is 18.8. The number of carboxylic acids is 1. The van der Waals surface area contributed by atoms with Crippen molar-refractivity contribution in [2.45, 2.75) is 20.3 Å². The predicted molar refractivity (Wildman–Crippen MR) is 96.4 cm³/mol. The number of amides is 2. The molecule has 1 aromatic heterocycles. The fraction of sp³-hybridized carbons (Fsp3) is 0.353. The van der Waals surface area contributed by atoms with E-state index in [4.69, 9.17) is 16.7 Å². The molecule has 2 N–H and O–H groups in total. The van der Waals surface area contributed by atoms with E-state index in [-0.39, 0.29) is 12.6 Å². The molecule has 2 rings (SSSR count). The van der Waals surface area contributed by atoms with Gasteiger partial charge in [0.2, 0.25) is 0 Å². The third kappa shape index (κ3) is 4.30. The molecule has 0 bridgehead atoms. The minimum absolute atomic E-state index is 0.112. The molecular formula is C17H21ClN4O3. The van der Waals surface area contributed by atoms with Crippen LogP contribution in [0.4, 0.5) is 10.5 Å².